The highest BCUT2D eigenvalue weighted by Crippen LogP contribution is 2.33. The Bertz CT molecular complexity index is 594. The number of rotatable bonds is 4. The van der Waals surface area contributed by atoms with E-state index in [9.17, 15) is 4.79 Å². The highest BCUT2D eigenvalue weighted by atomic mass is 35.5. The summed E-state index contributed by atoms with van der Waals surface area (Å²) < 4.78 is 5.02. The number of H-pyrrole nitrogens is 1. The number of nitrogens with zero attached hydrogens (tertiary/aromatic N) is 3. The Labute approximate surface area is 124 Å². The number of methoxy groups -OCH3 is 1. The number of amides is 1. The number of nitrogens with one attached hydrogen (secondary N) is 2. The van der Waals surface area contributed by atoms with Crippen molar-refractivity contribution in [2.75, 3.05) is 7.11 Å². The fraction of sp³-hybridized carbons (Fsp3) is 0.273. The van der Waals surface area contributed by atoms with E-state index in [0.29, 0.717) is 17.1 Å². The second-order valence-corrected chi connectivity index (χ2v) is 4.75. The maximum absolute atomic E-state index is 12.1. The molecule has 0 saturated carbocycles. The lowest BCUT2D eigenvalue weighted by molar-refractivity contribution is 0.0938. The van der Waals surface area contributed by atoms with Gasteiger partial charge in [0, 0.05) is 5.56 Å². The summed E-state index contributed by atoms with van der Waals surface area (Å²) in [5, 5.41) is 16.6. The molecule has 1 aromatic carbocycles. The van der Waals surface area contributed by atoms with Crippen LogP contribution in [0, 0.1) is 0 Å². The Kier molecular flexibility index (Phi) is 4.41. The molecule has 1 amide bonds. The maximum atomic E-state index is 12.1. The van der Waals surface area contributed by atoms with Gasteiger partial charge in [0.15, 0.2) is 11.6 Å². The number of ether oxygens (including phenoxy) is 1. The van der Waals surface area contributed by atoms with Crippen molar-refractivity contribution in [2.24, 2.45) is 0 Å². The quantitative estimate of drug-likeness (QED) is 0.900. The van der Waals surface area contributed by atoms with Crippen LogP contribution in [0.4, 0.5) is 0 Å². The lowest BCUT2D eigenvalue weighted by Gasteiger charge is -2.12. The van der Waals surface area contributed by atoms with Crippen LogP contribution in [0.5, 0.6) is 5.75 Å². The standard InChI is InChI=1S/C11H11Cl2N5O2/c1-5(10-15-17-18-16-10)14-11(19)6-3-7(12)9(20-2)8(13)4-6/h3-5H,1-2H3,(H,14,19)(H,15,16,17,18). The van der Waals surface area contributed by atoms with Crippen molar-refractivity contribution >= 4 is 29.1 Å². The first-order valence-electron chi connectivity index (χ1n) is 5.60. The summed E-state index contributed by atoms with van der Waals surface area (Å²) in [6, 6.07) is 2.55. The first-order chi connectivity index (χ1) is 9.52. The highest BCUT2D eigenvalue weighted by Gasteiger charge is 2.17. The van der Waals surface area contributed by atoms with Gasteiger partial charge in [0.2, 0.25) is 0 Å². The van der Waals surface area contributed by atoms with Gasteiger partial charge in [-0.25, -0.2) is 0 Å². The van der Waals surface area contributed by atoms with Crippen LogP contribution >= 0.6 is 23.2 Å². The molecule has 0 saturated heterocycles. The zero-order valence-corrected chi connectivity index (χ0v) is 12.2. The summed E-state index contributed by atoms with van der Waals surface area (Å²) in [6.45, 7) is 1.73. The molecular weight excluding hydrogens is 305 g/mol. The molecule has 0 bridgehead atoms. The van der Waals surface area contributed by atoms with Gasteiger partial charge in [0.05, 0.1) is 23.2 Å². The van der Waals surface area contributed by atoms with E-state index in [1.165, 1.54) is 19.2 Å². The average Bonchev–Trinajstić information content (AvgIpc) is 2.92. The Balaban J connectivity index is 2.17. The van der Waals surface area contributed by atoms with Gasteiger partial charge in [-0.1, -0.05) is 28.4 Å². The molecule has 1 heterocycles. The van der Waals surface area contributed by atoms with E-state index in [1.54, 1.807) is 6.92 Å². The maximum Gasteiger partial charge on any atom is 0.251 e. The molecule has 2 N–H and O–H groups in total. The Morgan fingerprint density at radius 1 is 1.40 bits per heavy atom. The molecule has 2 aromatic rings. The van der Waals surface area contributed by atoms with Crippen molar-refractivity contribution in [3.05, 3.63) is 33.6 Å². The second-order valence-electron chi connectivity index (χ2n) is 3.94. The second kappa shape index (κ2) is 6.06. The minimum absolute atomic E-state index is 0.261. The predicted molar refractivity (Wildman–Crippen MR) is 73.1 cm³/mol. The third kappa shape index (κ3) is 3.00. The zero-order chi connectivity index (χ0) is 14.7. The molecule has 0 aliphatic heterocycles. The first-order valence-corrected chi connectivity index (χ1v) is 6.35. The van der Waals surface area contributed by atoms with Crippen LogP contribution in [0.25, 0.3) is 0 Å². The van der Waals surface area contributed by atoms with E-state index < -0.39 is 6.04 Å². The van der Waals surface area contributed by atoms with Crippen molar-refractivity contribution in [3.63, 3.8) is 0 Å². The molecule has 1 unspecified atom stereocenters. The Morgan fingerprint density at radius 3 is 2.55 bits per heavy atom. The number of carbonyl (C=O) groups excluding carboxylic acids is 1. The lowest BCUT2D eigenvalue weighted by Crippen LogP contribution is -2.27. The molecule has 0 aliphatic rings. The molecule has 1 atom stereocenters. The van der Waals surface area contributed by atoms with Gasteiger partial charge in [-0.3, -0.25) is 4.79 Å². The van der Waals surface area contributed by atoms with Crippen LogP contribution in [0.2, 0.25) is 10.0 Å². The van der Waals surface area contributed by atoms with Crippen LogP contribution < -0.4 is 10.1 Å². The van der Waals surface area contributed by atoms with Crippen LogP contribution in [0.15, 0.2) is 12.1 Å². The minimum atomic E-state index is -0.402. The van der Waals surface area contributed by atoms with Gasteiger partial charge in [0.25, 0.3) is 5.91 Å². The third-order valence-electron chi connectivity index (χ3n) is 2.56. The van der Waals surface area contributed by atoms with Gasteiger partial charge < -0.3 is 10.1 Å². The molecule has 7 nitrogen and oxygen atoms in total. The Morgan fingerprint density at radius 2 is 2.05 bits per heavy atom. The van der Waals surface area contributed by atoms with Gasteiger partial charge in [-0.05, 0) is 19.1 Å². The molecule has 0 aliphatic carbocycles. The normalized spacial score (nSPS) is 12.0. The molecule has 1 aromatic heterocycles. The van der Waals surface area contributed by atoms with Crippen molar-refractivity contribution in [3.8, 4) is 5.75 Å². The summed E-state index contributed by atoms with van der Waals surface area (Å²) in [5.74, 6) is 0.355. The van der Waals surface area contributed by atoms with Crippen LogP contribution in [0.3, 0.4) is 0 Å². The molecule has 9 heteroatoms. The number of aromatic nitrogens is 4. The number of benzene rings is 1. The van der Waals surface area contributed by atoms with Gasteiger partial charge in [0.1, 0.15) is 0 Å². The molecule has 0 radical (unpaired) electrons. The van der Waals surface area contributed by atoms with Crippen molar-refractivity contribution in [2.45, 2.75) is 13.0 Å². The van der Waals surface area contributed by atoms with E-state index >= 15 is 0 Å². The molecule has 106 valence electrons. The zero-order valence-electron chi connectivity index (χ0n) is 10.6. The number of carbonyl (C=O) groups is 1. The summed E-state index contributed by atoms with van der Waals surface area (Å²) in [6.07, 6.45) is 0. The Hall–Kier alpha value is -1.86. The summed E-state index contributed by atoms with van der Waals surface area (Å²) in [7, 11) is 1.45. The summed E-state index contributed by atoms with van der Waals surface area (Å²) in [5.41, 5.74) is 0.316. The molecule has 0 spiro atoms. The topological polar surface area (TPSA) is 92.8 Å². The molecule has 0 fully saturated rings. The van der Waals surface area contributed by atoms with E-state index in [0.717, 1.165) is 0 Å². The van der Waals surface area contributed by atoms with Gasteiger partial charge >= 0.3 is 0 Å². The van der Waals surface area contributed by atoms with Crippen LogP contribution in [-0.2, 0) is 0 Å². The number of hydrogen-bond acceptors (Lipinski definition) is 5. The van der Waals surface area contributed by atoms with Gasteiger partial charge in [-0.15, -0.1) is 10.2 Å². The van der Waals surface area contributed by atoms with E-state index in [2.05, 4.69) is 25.9 Å². The van der Waals surface area contributed by atoms with E-state index in [1.807, 2.05) is 0 Å². The lowest BCUT2D eigenvalue weighted by atomic mass is 10.2. The largest absolute Gasteiger partial charge is 0.494 e. The highest BCUT2D eigenvalue weighted by molar-refractivity contribution is 6.37. The van der Waals surface area contributed by atoms with Crippen LogP contribution in [-0.4, -0.2) is 33.6 Å². The van der Waals surface area contributed by atoms with Crippen molar-refractivity contribution in [1.82, 2.24) is 25.9 Å². The van der Waals surface area contributed by atoms with E-state index in [-0.39, 0.29) is 16.0 Å². The summed E-state index contributed by atoms with van der Waals surface area (Å²) >= 11 is 12.0. The number of halogens is 2. The molecule has 20 heavy (non-hydrogen) atoms. The smallest absolute Gasteiger partial charge is 0.251 e. The number of aromatic amines is 1. The fourth-order valence-corrected chi connectivity index (χ4v) is 2.22. The fourth-order valence-electron chi connectivity index (χ4n) is 1.58. The number of hydrogen-bond donors (Lipinski definition) is 2. The summed E-state index contributed by atoms with van der Waals surface area (Å²) in [4.78, 5) is 12.1. The SMILES string of the molecule is COc1c(Cl)cc(C(=O)NC(C)c2nn[nH]n2)cc1Cl. The first kappa shape index (κ1) is 14.5. The van der Waals surface area contributed by atoms with Crippen LogP contribution in [0.1, 0.15) is 29.1 Å². The predicted octanol–water partition coefficient (Wildman–Crippen LogP) is 2.01. The average molecular weight is 316 g/mol. The number of tetrazole rings is 1. The van der Waals surface area contributed by atoms with Crippen molar-refractivity contribution < 1.29 is 9.53 Å². The monoisotopic (exact) mass is 315 g/mol. The molecule has 2 rings (SSSR count). The van der Waals surface area contributed by atoms with E-state index in [4.69, 9.17) is 27.9 Å². The van der Waals surface area contributed by atoms with Gasteiger partial charge in [-0.2, -0.15) is 5.21 Å². The third-order valence-corrected chi connectivity index (χ3v) is 3.12. The minimum Gasteiger partial charge on any atom is -0.494 e. The van der Waals surface area contributed by atoms with Crippen molar-refractivity contribution in [1.29, 1.82) is 0 Å². The molecular formula is C11H11Cl2N5O2.